The normalized spacial score (nSPS) is 20.0. The van der Waals surface area contributed by atoms with E-state index in [1.807, 2.05) is 6.92 Å². The van der Waals surface area contributed by atoms with E-state index in [2.05, 4.69) is 0 Å². The summed E-state index contributed by atoms with van der Waals surface area (Å²) in [5.41, 5.74) is 1.31. The molecular formula is C13H15FO2. The number of rotatable bonds is 3. The molecule has 0 bridgehead atoms. The van der Waals surface area contributed by atoms with Gasteiger partial charge in [-0.2, -0.15) is 0 Å². The molecule has 0 spiro atoms. The molecular weight excluding hydrogens is 207 g/mol. The maximum absolute atomic E-state index is 13.0. The number of benzene rings is 1. The first kappa shape index (κ1) is 11.3. The molecule has 0 radical (unpaired) electrons. The highest BCUT2D eigenvalue weighted by atomic mass is 19.1. The Bertz CT molecular complexity index is 395. The lowest BCUT2D eigenvalue weighted by Gasteiger charge is -2.09. The molecule has 1 aliphatic rings. The molecule has 0 saturated carbocycles. The lowest BCUT2D eigenvalue weighted by atomic mass is 9.99. The van der Waals surface area contributed by atoms with Crippen LogP contribution in [0.5, 0.6) is 0 Å². The van der Waals surface area contributed by atoms with Gasteiger partial charge >= 0.3 is 0 Å². The van der Waals surface area contributed by atoms with Crippen molar-refractivity contribution in [2.24, 2.45) is 0 Å². The van der Waals surface area contributed by atoms with Crippen molar-refractivity contribution in [1.29, 1.82) is 0 Å². The summed E-state index contributed by atoms with van der Waals surface area (Å²) >= 11 is 0. The predicted molar refractivity (Wildman–Crippen MR) is 59.1 cm³/mol. The van der Waals surface area contributed by atoms with Gasteiger partial charge in [-0.25, -0.2) is 4.39 Å². The van der Waals surface area contributed by atoms with Gasteiger partial charge in [0.15, 0.2) is 5.78 Å². The second-order valence-electron chi connectivity index (χ2n) is 4.22. The first-order valence-corrected chi connectivity index (χ1v) is 5.58. The largest absolute Gasteiger partial charge is 0.378 e. The first-order chi connectivity index (χ1) is 7.66. The van der Waals surface area contributed by atoms with Crippen LogP contribution in [0.1, 0.15) is 35.2 Å². The van der Waals surface area contributed by atoms with Crippen molar-refractivity contribution in [2.45, 2.75) is 32.3 Å². The molecule has 1 saturated heterocycles. The summed E-state index contributed by atoms with van der Waals surface area (Å²) < 4.78 is 18.4. The van der Waals surface area contributed by atoms with Crippen molar-refractivity contribution in [3.63, 3.8) is 0 Å². The fraction of sp³-hybridized carbons (Fsp3) is 0.462. The average Bonchev–Trinajstić information content (AvgIpc) is 2.74. The lowest BCUT2D eigenvalue weighted by molar-refractivity contribution is 0.0775. The number of carbonyl (C=O) groups excluding carboxylic acids is 1. The minimum atomic E-state index is -0.360. The van der Waals surface area contributed by atoms with Gasteiger partial charge in [-0.1, -0.05) is 6.07 Å². The quantitative estimate of drug-likeness (QED) is 0.735. The fourth-order valence-electron chi connectivity index (χ4n) is 2.02. The minimum Gasteiger partial charge on any atom is -0.378 e. The van der Waals surface area contributed by atoms with E-state index in [0.29, 0.717) is 12.0 Å². The molecule has 1 unspecified atom stereocenters. The van der Waals surface area contributed by atoms with Crippen LogP contribution < -0.4 is 0 Å². The van der Waals surface area contributed by atoms with Crippen molar-refractivity contribution in [2.75, 3.05) is 6.61 Å². The molecule has 0 aromatic heterocycles. The number of Topliss-reactive ketones (excluding diaryl/α,β-unsaturated/α-hetero) is 1. The number of halogens is 1. The molecule has 1 aliphatic heterocycles. The van der Waals surface area contributed by atoms with Crippen molar-refractivity contribution < 1.29 is 13.9 Å². The summed E-state index contributed by atoms with van der Waals surface area (Å²) in [5, 5.41) is 0. The standard InChI is InChI=1S/C13H15FO2/c1-9-4-5-10(14)7-12(9)13(15)8-11-3-2-6-16-11/h4-5,7,11H,2-3,6,8H2,1H3. The zero-order valence-corrected chi connectivity index (χ0v) is 9.33. The van der Waals surface area contributed by atoms with Crippen LogP contribution in [0.25, 0.3) is 0 Å². The van der Waals surface area contributed by atoms with E-state index in [1.54, 1.807) is 6.07 Å². The number of aryl methyl sites for hydroxylation is 1. The molecule has 2 nitrogen and oxygen atoms in total. The van der Waals surface area contributed by atoms with Gasteiger partial charge in [0.05, 0.1) is 6.10 Å². The van der Waals surface area contributed by atoms with Gasteiger partial charge in [-0.3, -0.25) is 4.79 Å². The summed E-state index contributed by atoms with van der Waals surface area (Å²) in [6.07, 6.45) is 2.33. The highest BCUT2D eigenvalue weighted by Gasteiger charge is 2.20. The summed E-state index contributed by atoms with van der Waals surface area (Å²) in [6, 6.07) is 4.32. The average molecular weight is 222 g/mol. The molecule has 1 aromatic rings. The van der Waals surface area contributed by atoms with Crippen LogP contribution in [0.2, 0.25) is 0 Å². The third-order valence-corrected chi connectivity index (χ3v) is 2.94. The van der Waals surface area contributed by atoms with Crippen LogP contribution >= 0.6 is 0 Å². The summed E-state index contributed by atoms with van der Waals surface area (Å²) in [5.74, 6) is -0.384. The Morgan fingerprint density at radius 2 is 2.38 bits per heavy atom. The maximum Gasteiger partial charge on any atom is 0.165 e. The summed E-state index contributed by atoms with van der Waals surface area (Å²) in [4.78, 5) is 11.9. The molecule has 2 rings (SSSR count). The van der Waals surface area contributed by atoms with E-state index in [1.165, 1.54) is 12.1 Å². The third kappa shape index (κ3) is 2.47. The number of ketones is 1. The molecule has 1 atom stereocenters. The van der Waals surface area contributed by atoms with Gasteiger partial charge in [-0.05, 0) is 37.5 Å². The minimum absolute atomic E-state index is 0.0233. The van der Waals surface area contributed by atoms with Crippen LogP contribution in [0.3, 0.4) is 0 Å². The Hall–Kier alpha value is -1.22. The molecule has 1 fully saturated rings. The molecule has 0 amide bonds. The second-order valence-corrected chi connectivity index (χ2v) is 4.22. The van der Waals surface area contributed by atoms with E-state index in [9.17, 15) is 9.18 Å². The topological polar surface area (TPSA) is 26.3 Å². The van der Waals surface area contributed by atoms with Gasteiger partial charge < -0.3 is 4.74 Å². The Kier molecular flexibility index (Phi) is 3.34. The smallest absolute Gasteiger partial charge is 0.165 e. The zero-order chi connectivity index (χ0) is 11.5. The maximum atomic E-state index is 13.0. The molecule has 0 aliphatic carbocycles. The summed E-state index contributed by atoms with van der Waals surface area (Å²) in [6.45, 7) is 2.56. The SMILES string of the molecule is Cc1ccc(F)cc1C(=O)CC1CCCO1. The number of hydrogen-bond donors (Lipinski definition) is 0. The van der Waals surface area contributed by atoms with Crippen LogP contribution in [-0.2, 0) is 4.74 Å². The fourth-order valence-corrected chi connectivity index (χ4v) is 2.02. The zero-order valence-electron chi connectivity index (χ0n) is 9.33. The van der Waals surface area contributed by atoms with Gasteiger partial charge in [0.1, 0.15) is 5.82 Å². The highest BCUT2D eigenvalue weighted by Crippen LogP contribution is 2.19. The van der Waals surface area contributed by atoms with E-state index >= 15 is 0 Å². The monoisotopic (exact) mass is 222 g/mol. The Labute approximate surface area is 94.4 Å². The van der Waals surface area contributed by atoms with E-state index in [-0.39, 0.29) is 17.7 Å². The number of carbonyl (C=O) groups is 1. The molecule has 16 heavy (non-hydrogen) atoms. The van der Waals surface area contributed by atoms with Crippen LogP contribution in [0, 0.1) is 12.7 Å². The lowest BCUT2D eigenvalue weighted by Crippen LogP contribution is -2.13. The molecule has 3 heteroatoms. The highest BCUT2D eigenvalue weighted by molar-refractivity contribution is 5.97. The van der Waals surface area contributed by atoms with E-state index in [4.69, 9.17) is 4.74 Å². The van der Waals surface area contributed by atoms with Crippen LogP contribution in [-0.4, -0.2) is 18.5 Å². The van der Waals surface area contributed by atoms with Crippen molar-refractivity contribution >= 4 is 5.78 Å². The van der Waals surface area contributed by atoms with Gasteiger partial charge in [0, 0.05) is 18.6 Å². The van der Waals surface area contributed by atoms with Crippen molar-refractivity contribution in [1.82, 2.24) is 0 Å². The molecule has 1 aromatic carbocycles. The van der Waals surface area contributed by atoms with Crippen molar-refractivity contribution in [3.8, 4) is 0 Å². The van der Waals surface area contributed by atoms with E-state index < -0.39 is 0 Å². The molecule has 1 heterocycles. The predicted octanol–water partition coefficient (Wildman–Crippen LogP) is 2.89. The molecule has 86 valence electrons. The third-order valence-electron chi connectivity index (χ3n) is 2.94. The Morgan fingerprint density at radius 1 is 1.56 bits per heavy atom. The van der Waals surface area contributed by atoms with Gasteiger partial charge in [-0.15, -0.1) is 0 Å². The summed E-state index contributed by atoms with van der Waals surface area (Å²) in [7, 11) is 0. The van der Waals surface area contributed by atoms with Gasteiger partial charge in [0.2, 0.25) is 0 Å². The first-order valence-electron chi connectivity index (χ1n) is 5.58. The molecule has 0 N–H and O–H groups in total. The van der Waals surface area contributed by atoms with Crippen molar-refractivity contribution in [3.05, 3.63) is 35.1 Å². The van der Waals surface area contributed by atoms with Crippen LogP contribution in [0.15, 0.2) is 18.2 Å². The number of hydrogen-bond acceptors (Lipinski definition) is 2. The Morgan fingerprint density at radius 3 is 3.06 bits per heavy atom. The van der Waals surface area contributed by atoms with E-state index in [0.717, 1.165) is 25.0 Å². The van der Waals surface area contributed by atoms with Crippen LogP contribution in [0.4, 0.5) is 4.39 Å². The number of ether oxygens (including phenoxy) is 1. The van der Waals surface area contributed by atoms with Gasteiger partial charge in [0.25, 0.3) is 0 Å². The second kappa shape index (κ2) is 4.74. The Balaban J connectivity index is 2.10.